The molecule has 0 unspecified atom stereocenters. The van der Waals surface area contributed by atoms with E-state index in [1.807, 2.05) is 20.8 Å². The predicted octanol–water partition coefficient (Wildman–Crippen LogP) is 1.19. The van der Waals surface area contributed by atoms with Gasteiger partial charge in [-0.15, -0.1) is 0 Å². The number of rotatable bonds is 5. The summed E-state index contributed by atoms with van der Waals surface area (Å²) < 4.78 is 24.0. The summed E-state index contributed by atoms with van der Waals surface area (Å²) in [6.45, 7) is 9.96. The lowest BCUT2D eigenvalue weighted by Crippen LogP contribution is -2.71. The first kappa shape index (κ1) is 32.4. The highest BCUT2D eigenvalue weighted by Crippen LogP contribution is 2.73. The van der Waals surface area contributed by atoms with Crippen molar-refractivity contribution in [2.75, 3.05) is 6.61 Å². The van der Waals surface area contributed by atoms with Crippen molar-refractivity contribution in [1.29, 1.82) is 0 Å². The molecule has 18 atom stereocenters. The van der Waals surface area contributed by atoms with E-state index < -0.39 is 66.6 Å². The number of hydrogen-bond donors (Lipinski definition) is 6. The summed E-state index contributed by atoms with van der Waals surface area (Å²) in [5, 5.41) is 64.9. The molecule has 254 valence electrons. The van der Waals surface area contributed by atoms with E-state index in [9.17, 15) is 35.4 Å². The fourth-order valence-electron chi connectivity index (χ4n) is 11.4. The maximum absolute atomic E-state index is 12.6. The van der Waals surface area contributed by atoms with Crippen LogP contribution in [0.3, 0.4) is 0 Å². The predicted molar refractivity (Wildman–Crippen MR) is 158 cm³/mol. The van der Waals surface area contributed by atoms with Gasteiger partial charge in [0.15, 0.2) is 6.29 Å². The average molecular weight is 637 g/mol. The number of esters is 1. The van der Waals surface area contributed by atoms with Gasteiger partial charge in [-0.3, -0.25) is 0 Å². The van der Waals surface area contributed by atoms with Crippen LogP contribution in [0.2, 0.25) is 0 Å². The van der Waals surface area contributed by atoms with Gasteiger partial charge in [-0.2, -0.15) is 0 Å². The summed E-state index contributed by atoms with van der Waals surface area (Å²) in [6.07, 6.45) is -4.32. The molecule has 4 saturated carbocycles. The molecule has 0 radical (unpaired) electrons. The molecule has 45 heavy (non-hydrogen) atoms. The van der Waals surface area contributed by atoms with E-state index in [1.165, 1.54) is 0 Å². The molecular weight excluding hydrogens is 584 g/mol. The molecule has 2 saturated heterocycles. The first-order valence-electron chi connectivity index (χ1n) is 17.1. The molecule has 3 aliphatic heterocycles. The summed E-state index contributed by atoms with van der Waals surface area (Å²) in [6, 6.07) is 0. The highest BCUT2D eigenvalue weighted by atomic mass is 16.7. The van der Waals surface area contributed by atoms with Crippen LogP contribution >= 0.6 is 0 Å². The first-order chi connectivity index (χ1) is 21.2. The van der Waals surface area contributed by atoms with Crippen LogP contribution in [-0.4, -0.2) is 110 Å². The van der Waals surface area contributed by atoms with Crippen LogP contribution in [0.25, 0.3) is 0 Å². The standard InChI is InChI=1S/C34H52O11/c1-14-10-21(43-30(40)15(14)2)16(3)18-6-7-19-24-20(8-9-32(18,19)4)33(5)23(36)11-17(12-34(33,41)29-28(24)45-29)42-31-27(39)26(38)25(37)22(13-35)44-31/h16-29,31,35-39,41H,6-13H2,1-5H3/t16-,17-,18+,19-,20-,21+,22+,23-,24-,25+,26-,27+,28-,29-,31+,32+,33-,34-/m0/s1. The van der Waals surface area contributed by atoms with Crippen molar-refractivity contribution in [3.8, 4) is 0 Å². The molecule has 0 amide bonds. The molecule has 3 heterocycles. The molecule has 6 N–H and O–H groups in total. The average Bonchev–Trinajstić information content (AvgIpc) is 3.73. The minimum Gasteiger partial charge on any atom is -0.458 e. The van der Waals surface area contributed by atoms with Crippen LogP contribution in [0, 0.1) is 40.4 Å². The van der Waals surface area contributed by atoms with Crippen molar-refractivity contribution < 1.29 is 54.4 Å². The lowest BCUT2D eigenvalue weighted by Gasteiger charge is -2.64. The third-order valence-electron chi connectivity index (χ3n) is 14.3. The molecule has 0 aromatic rings. The highest BCUT2D eigenvalue weighted by molar-refractivity contribution is 5.89. The van der Waals surface area contributed by atoms with Crippen molar-refractivity contribution in [2.24, 2.45) is 40.4 Å². The van der Waals surface area contributed by atoms with Crippen molar-refractivity contribution in [1.82, 2.24) is 0 Å². The van der Waals surface area contributed by atoms with Crippen LogP contribution in [-0.2, 0) is 23.7 Å². The van der Waals surface area contributed by atoms with E-state index in [1.54, 1.807) is 0 Å². The third-order valence-corrected chi connectivity index (χ3v) is 14.3. The molecule has 0 aromatic heterocycles. The Bertz CT molecular complexity index is 1220. The van der Waals surface area contributed by atoms with Crippen molar-refractivity contribution in [3.05, 3.63) is 11.1 Å². The maximum atomic E-state index is 12.6. The molecule has 4 aliphatic carbocycles. The van der Waals surface area contributed by atoms with Crippen LogP contribution in [0.15, 0.2) is 11.1 Å². The Morgan fingerprint density at radius 2 is 1.73 bits per heavy atom. The molecule has 0 bridgehead atoms. The van der Waals surface area contributed by atoms with Gasteiger partial charge in [0.25, 0.3) is 0 Å². The minimum atomic E-state index is -1.57. The number of carbonyl (C=O) groups is 1. The largest absolute Gasteiger partial charge is 0.458 e. The minimum absolute atomic E-state index is 0.0355. The van der Waals surface area contributed by atoms with Gasteiger partial charge in [-0.25, -0.2) is 4.79 Å². The van der Waals surface area contributed by atoms with Crippen molar-refractivity contribution in [2.45, 2.75) is 146 Å². The van der Waals surface area contributed by atoms with Crippen LogP contribution in [0.4, 0.5) is 0 Å². The van der Waals surface area contributed by atoms with Crippen LogP contribution < -0.4 is 0 Å². The highest BCUT2D eigenvalue weighted by Gasteiger charge is 2.78. The van der Waals surface area contributed by atoms with E-state index >= 15 is 0 Å². The Hall–Kier alpha value is -1.15. The fraction of sp³-hybridized carbons (Fsp3) is 0.912. The topological polar surface area (TPSA) is 179 Å². The lowest BCUT2D eigenvalue weighted by molar-refractivity contribution is -0.329. The quantitative estimate of drug-likeness (QED) is 0.145. The first-order valence-corrected chi connectivity index (χ1v) is 17.1. The number of cyclic esters (lactones) is 1. The van der Waals surface area contributed by atoms with E-state index in [2.05, 4.69) is 13.8 Å². The lowest BCUT2D eigenvalue weighted by atomic mass is 9.42. The Kier molecular flexibility index (Phi) is 7.87. The molecule has 11 nitrogen and oxygen atoms in total. The second kappa shape index (κ2) is 10.9. The Balaban J connectivity index is 1.10. The molecule has 0 spiro atoms. The normalized spacial score (nSPS) is 56.5. The number of hydrogen-bond acceptors (Lipinski definition) is 11. The zero-order chi connectivity index (χ0) is 32.4. The Morgan fingerprint density at radius 1 is 1.00 bits per heavy atom. The fourth-order valence-corrected chi connectivity index (χ4v) is 11.4. The number of carbonyl (C=O) groups excluding carboxylic acids is 1. The zero-order valence-electron chi connectivity index (χ0n) is 27.0. The molecule has 6 fully saturated rings. The molecule has 11 heteroatoms. The van der Waals surface area contributed by atoms with Crippen molar-refractivity contribution in [3.63, 3.8) is 0 Å². The number of ether oxygens (including phenoxy) is 4. The Labute approximate surface area is 264 Å². The van der Waals surface area contributed by atoms with Gasteiger partial charge < -0.3 is 49.6 Å². The molecular formula is C34H52O11. The number of epoxide rings is 1. The van der Waals surface area contributed by atoms with E-state index in [4.69, 9.17) is 18.9 Å². The number of aliphatic hydroxyl groups is 6. The van der Waals surface area contributed by atoms with Crippen LogP contribution in [0.1, 0.15) is 79.6 Å². The molecule has 0 aromatic carbocycles. The summed E-state index contributed by atoms with van der Waals surface area (Å²) in [4.78, 5) is 12.6. The Morgan fingerprint density at radius 3 is 2.42 bits per heavy atom. The third kappa shape index (κ3) is 4.51. The number of fused-ring (bicyclic) bond motifs is 8. The summed E-state index contributed by atoms with van der Waals surface area (Å²) in [5.41, 5.74) is -0.338. The van der Waals surface area contributed by atoms with E-state index in [-0.39, 0.29) is 54.2 Å². The van der Waals surface area contributed by atoms with Gasteiger partial charge in [-0.05, 0) is 74.5 Å². The van der Waals surface area contributed by atoms with E-state index in [0.29, 0.717) is 11.8 Å². The molecule has 7 rings (SSSR count). The van der Waals surface area contributed by atoms with Gasteiger partial charge in [0.2, 0.25) is 0 Å². The van der Waals surface area contributed by atoms with Gasteiger partial charge in [0, 0.05) is 30.3 Å². The van der Waals surface area contributed by atoms with Crippen molar-refractivity contribution >= 4 is 5.97 Å². The van der Waals surface area contributed by atoms with Gasteiger partial charge in [-0.1, -0.05) is 26.3 Å². The van der Waals surface area contributed by atoms with Crippen LogP contribution in [0.5, 0.6) is 0 Å². The van der Waals surface area contributed by atoms with Gasteiger partial charge in [0.05, 0.1) is 24.9 Å². The van der Waals surface area contributed by atoms with Gasteiger partial charge in [0.1, 0.15) is 42.2 Å². The van der Waals surface area contributed by atoms with E-state index in [0.717, 1.165) is 43.3 Å². The zero-order valence-corrected chi connectivity index (χ0v) is 27.0. The maximum Gasteiger partial charge on any atom is 0.333 e. The molecule has 7 aliphatic rings. The monoisotopic (exact) mass is 636 g/mol. The van der Waals surface area contributed by atoms with Gasteiger partial charge >= 0.3 is 5.97 Å². The second-order valence-electron chi connectivity index (χ2n) is 16.1. The second-order valence-corrected chi connectivity index (χ2v) is 16.1. The SMILES string of the molecule is CC1=C(C)C(=O)O[C@@H]([C@@H](C)[C@H]2CC[C@H]3[C@@H]4[C@@H]5O[C@@H]5[C@@]5(O)C[C@@H](O[C@@H]6O[C@H](CO)[C@@H](O)[C@H](O)[C@H]6O)C[C@H](O)[C@]5(C)[C@H]4CC[C@]23C)C1. The summed E-state index contributed by atoms with van der Waals surface area (Å²) in [5.74, 6) is 1.02. The smallest absolute Gasteiger partial charge is 0.333 e. The summed E-state index contributed by atoms with van der Waals surface area (Å²) in [7, 11) is 0. The summed E-state index contributed by atoms with van der Waals surface area (Å²) >= 11 is 0. The number of aliphatic hydroxyl groups excluding tert-OH is 5.